The van der Waals surface area contributed by atoms with E-state index >= 15 is 0 Å². The van der Waals surface area contributed by atoms with E-state index in [0.717, 1.165) is 6.54 Å². The smallest absolute Gasteiger partial charge is 0.230 e. The van der Waals surface area contributed by atoms with Crippen LogP contribution in [0.5, 0.6) is 5.75 Å². The lowest BCUT2D eigenvalue weighted by Gasteiger charge is -2.17. The van der Waals surface area contributed by atoms with Crippen LogP contribution < -0.4 is 25.4 Å². The van der Waals surface area contributed by atoms with Crippen LogP contribution in [0.4, 0.5) is 5.69 Å². The van der Waals surface area contributed by atoms with Crippen LogP contribution in [-0.2, 0) is 9.59 Å². The second kappa shape index (κ2) is 9.34. The third kappa shape index (κ3) is 6.85. The highest BCUT2D eigenvalue weighted by atomic mass is 35.5. The van der Waals surface area contributed by atoms with Gasteiger partial charge in [-0.25, -0.2) is 0 Å². The van der Waals surface area contributed by atoms with Gasteiger partial charge in [0.2, 0.25) is 5.91 Å². The number of halogens is 1. The number of carbonyl (C=O) groups excluding carboxylic acids is 2. The third-order valence-corrected chi connectivity index (χ3v) is 3.53. The van der Waals surface area contributed by atoms with Gasteiger partial charge in [0.25, 0.3) is 0 Å². The fourth-order valence-corrected chi connectivity index (χ4v) is 2.25. The van der Waals surface area contributed by atoms with E-state index < -0.39 is 17.9 Å². The molecule has 23 heavy (non-hydrogen) atoms. The summed E-state index contributed by atoms with van der Waals surface area (Å²) in [5.74, 6) is -1.16. The van der Waals surface area contributed by atoms with E-state index in [9.17, 15) is 14.7 Å². The van der Waals surface area contributed by atoms with Gasteiger partial charge in [-0.05, 0) is 18.2 Å². The minimum Gasteiger partial charge on any atom is -0.544 e. The molecule has 1 rings (SSSR count). The first-order valence-corrected chi connectivity index (χ1v) is 7.68. The van der Waals surface area contributed by atoms with Crippen molar-refractivity contribution in [2.45, 2.75) is 12.5 Å². The van der Waals surface area contributed by atoms with Gasteiger partial charge in [-0.3, -0.25) is 4.79 Å². The predicted octanol–water partition coefficient (Wildman–Crippen LogP) is -2.50. The fraction of sp³-hybridized carbons (Fsp3) is 0.467. The molecule has 0 aliphatic heterocycles. The van der Waals surface area contributed by atoms with Gasteiger partial charge in [0.15, 0.2) is 0 Å². The molecule has 1 amide bonds. The molecule has 0 radical (unpaired) electrons. The molecule has 0 unspecified atom stereocenters. The van der Waals surface area contributed by atoms with Gasteiger partial charge in [0.1, 0.15) is 24.9 Å². The monoisotopic (exact) mass is 344 g/mol. The summed E-state index contributed by atoms with van der Waals surface area (Å²) in [4.78, 5) is 24.3. The van der Waals surface area contributed by atoms with E-state index in [-0.39, 0.29) is 6.42 Å². The molecular formula is C15H23ClN3O4+. The van der Waals surface area contributed by atoms with Gasteiger partial charge in [0, 0.05) is 5.69 Å². The highest BCUT2D eigenvalue weighted by Crippen LogP contribution is 2.27. The number of methoxy groups -OCH3 is 1. The largest absolute Gasteiger partial charge is 0.544 e. The summed E-state index contributed by atoms with van der Waals surface area (Å²) < 4.78 is 5.03. The van der Waals surface area contributed by atoms with E-state index in [1.165, 1.54) is 12.0 Å². The van der Waals surface area contributed by atoms with Crippen LogP contribution in [0.1, 0.15) is 6.42 Å². The molecular weight excluding hydrogens is 322 g/mol. The van der Waals surface area contributed by atoms with Gasteiger partial charge in [-0.15, -0.1) is 0 Å². The number of rotatable bonds is 9. The maximum Gasteiger partial charge on any atom is 0.230 e. The Hall–Kier alpha value is -1.83. The molecule has 0 bridgehead atoms. The Balaban J connectivity index is 2.58. The van der Waals surface area contributed by atoms with Crippen LogP contribution in [0.3, 0.4) is 0 Å². The van der Waals surface area contributed by atoms with Crippen molar-refractivity contribution in [3.63, 3.8) is 0 Å². The standard InChI is InChI=1S/C15H22ClN3O4/c1-19(2)7-6-17-12(15(21)22)9-14(20)18-10-4-5-13(23-3)11(16)8-10/h4-5,8,12,17H,6-7,9H2,1-3H3,(H,18,20)(H,21,22)/p+1/t12-/m1/s1. The van der Waals surface area contributed by atoms with Crippen molar-refractivity contribution in [2.75, 3.05) is 39.6 Å². The number of aliphatic carboxylic acids is 1. The lowest BCUT2D eigenvalue weighted by atomic mass is 10.2. The SMILES string of the molecule is COc1ccc(NC(=O)C[C@@H]([NH2+]CC[NH+](C)C)C(=O)[O-])cc1Cl. The van der Waals surface area contributed by atoms with Crippen LogP contribution in [-0.4, -0.2) is 52.2 Å². The van der Waals surface area contributed by atoms with Crippen LogP contribution in [0.25, 0.3) is 0 Å². The summed E-state index contributed by atoms with van der Waals surface area (Å²) in [5, 5.41) is 15.7. The van der Waals surface area contributed by atoms with Crippen LogP contribution in [0, 0.1) is 0 Å². The molecule has 0 aliphatic carbocycles. The maximum atomic E-state index is 12.0. The normalized spacial score (nSPS) is 12.0. The Morgan fingerprint density at radius 3 is 2.65 bits per heavy atom. The molecule has 0 heterocycles. The number of nitrogens with one attached hydrogen (secondary N) is 2. The molecule has 0 aromatic heterocycles. The Bertz CT molecular complexity index is 552. The maximum absolute atomic E-state index is 12.0. The third-order valence-electron chi connectivity index (χ3n) is 3.24. The number of amides is 1. The Kier molecular flexibility index (Phi) is 7.80. The molecule has 0 saturated carbocycles. The second-order valence-electron chi connectivity index (χ2n) is 5.51. The van der Waals surface area contributed by atoms with E-state index in [1.807, 2.05) is 14.1 Å². The average molecular weight is 345 g/mol. The quantitative estimate of drug-likeness (QED) is 0.461. The summed E-state index contributed by atoms with van der Waals surface area (Å²) in [7, 11) is 5.44. The molecule has 128 valence electrons. The van der Waals surface area contributed by atoms with E-state index in [1.54, 1.807) is 23.5 Å². The number of hydrogen-bond donors (Lipinski definition) is 3. The molecule has 1 atom stereocenters. The van der Waals surface area contributed by atoms with Crippen LogP contribution >= 0.6 is 11.6 Å². The van der Waals surface area contributed by atoms with Crippen molar-refractivity contribution in [3.05, 3.63) is 23.2 Å². The van der Waals surface area contributed by atoms with E-state index in [0.29, 0.717) is 23.0 Å². The van der Waals surface area contributed by atoms with Crippen LogP contribution in [0.2, 0.25) is 5.02 Å². The summed E-state index contributed by atoms with van der Waals surface area (Å²) in [5.41, 5.74) is 0.482. The van der Waals surface area contributed by atoms with Gasteiger partial charge in [-0.2, -0.15) is 0 Å². The molecule has 1 aromatic carbocycles. The number of carboxylic acids is 1. The van der Waals surface area contributed by atoms with Gasteiger partial charge in [-0.1, -0.05) is 11.6 Å². The Labute approximate surface area is 140 Å². The zero-order valence-electron chi connectivity index (χ0n) is 13.5. The number of benzene rings is 1. The van der Waals surface area contributed by atoms with E-state index in [2.05, 4.69) is 5.32 Å². The first-order chi connectivity index (χ1) is 10.8. The summed E-state index contributed by atoms with van der Waals surface area (Å²) >= 11 is 5.98. The molecule has 4 N–H and O–H groups in total. The molecule has 7 nitrogen and oxygen atoms in total. The molecule has 0 spiro atoms. The highest BCUT2D eigenvalue weighted by Gasteiger charge is 2.19. The van der Waals surface area contributed by atoms with Crippen molar-refractivity contribution in [3.8, 4) is 5.75 Å². The molecule has 1 aromatic rings. The molecule has 0 fully saturated rings. The minimum absolute atomic E-state index is 0.172. The fourth-order valence-electron chi connectivity index (χ4n) is 1.99. The number of anilines is 1. The van der Waals surface area contributed by atoms with Gasteiger partial charge in [0.05, 0.1) is 38.6 Å². The number of hydrogen-bond acceptors (Lipinski definition) is 4. The number of ether oxygens (including phenoxy) is 1. The van der Waals surface area contributed by atoms with E-state index in [4.69, 9.17) is 16.3 Å². The van der Waals surface area contributed by atoms with Gasteiger partial charge >= 0.3 is 0 Å². The number of nitrogens with two attached hydrogens (primary N) is 1. The van der Waals surface area contributed by atoms with Crippen LogP contribution in [0.15, 0.2) is 18.2 Å². The summed E-state index contributed by atoms with van der Waals surface area (Å²) in [6, 6.07) is 3.89. The number of quaternary nitrogens is 2. The number of carboxylic acid groups (broad SMARTS) is 1. The number of likely N-dealkylation sites (N-methyl/N-ethyl adjacent to an activating group) is 1. The lowest BCUT2D eigenvalue weighted by Crippen LogP contribution is -3.10. The molecule has 0 aliphatic rings. The Morgan fingerprint density at radius 1 is 1.43 bits per heavy atom. The average Bonchev–Trinajstić information content (AvgIpc) is 2.45. The Morgan fingerprint density at radius 2 is 2.13 bits per heavy atom. The minimum atomic E-state index is -1.25. The first-order valence-electron chi connectivity index (χ1n) is 7.30. The van der Waals surface area contributed by atoms with Crippen molar-refractivity contribution < 1.29 is 29.6 Å². The predicted molar refractivity (Wildman–Crippen MR) is 84.5 cm³/mol. The van der Waals surface area contributed by atoms with Crippen molar-refractivity contribution >= 4 is 29.2 Å². The zero-order valence-corrected chi connectivity index (χ0v) is 14.3. The zero-order chi connectivity index (χ0) is 17.4. The highest BCUT2D eigenvalue weighted by molar-refractivity contribution is 6.32. The molecule has 8 heteroatoms. The topological polar surface area (TPSA) is 99.5 Å². The number of carbonyl (C=O) groups is 2. The van der Waals surface area contributed by atoms with Crippen molar-refractivity contribution in [1.29, 1.82) is 0 Å². The summed E-state index contributed by atoms with van der Waals surface area (Å²) in [6.45, 7) is 1.39. The van der Waals surface area contributed by atoms with Gasteiger partial charge < -0.3 is 30.2 Å². The molecule has 0 saturated heterocycles. The van der Waals surface area contributed by atoms with Crippen molar-refractivity contribution in [2.24, 2.45) is 0 Å². The second-order valence-corrected chi connectivity index (χ2v) is 5.92. The lowest BCUT2D eigenvalue weighted by molar-refractivity contribution is -0.876. The van der Waals surface area contributed by atoms with Crippen molar-refractivity contribution in [1.82, 2.24) is 0 Å². The first kappa shape index (κ1) is 19.2. The summed E-state index contributed by atoms with van der Waals surface area (Å²) in [6.07, 6.45) is -0.172.